The summed E-state index contributed by atoms with van der Waals surface area (Å²) in [6.07, 6.45) is 2.67. The van der Waals surface area contributed by atoms with E-state index in [9.17, 15) is 4.79 Å². The lowest BCUT2D eigenvalue weighted by Gasteiger charge is -2.10. The van der Waals surface area contributed by atoms with Crippen LogP contribution in [0.2, 0.25) is 0 Å². The maximum Gasteiger partial charge on any atom is 0.337 e. The molecule has 1 saturated heterocycles. The van der Waals surface area contributed by atoms with Gasteiger partial charge in [0.15, 0.2) is 0 Å². The Morgan fingerprint density at radius 2 is 2.22 bits per heavy atom. The summed E-state index contributed by atoms with van der Waals surface area (Å²) in [5.74, 6) is -0.297. The lowest BCUT2D eigenvalue weighted by Crippen LogP contribution is -2.25. The lowest BCUT2D eigenvalue weighted by atomic mass is 10.1. The molecular weight excluding hydrogens is 230 g/mol. The quantitative estimate of drug-likeness (QED) is 0.807. The van der Waals surface area contributed by atoms with Crippen molar-refractivity contribution in [2.24, 2.45) is 0 Å². The number of methoxy groups -OCH3 is 1. The molecule has 1 atom stereocenters. The number of ether oxygens (including phenoxy) is 2. The largest absolute Gasteiger partial charge is 0.465 e. The molecule has 98 valence electrons. The van der Waals surface area contributed by atoms with Gasteiger partial charge in [0.1, 0.15) is 0 Å². The SMILES string of the molecule is COC(=O)c1ccc(CNCC2CCCO2)cc1. The van der Waals surface area contributed by atoms with Crippen molar-refractivity contribution in [1.82, 2.24) is 5.32 Å². The molecule has 2 rings (SSSR count). The second-order valence-corrected chi connectivity index (χ2v) is 4.45. The van der Waals surface area contributed by atoms with Gasteiger partial charge in [-0.15, -0.1) is 0 Å². The minimum Gasteiger partial charge on any atom is -0.465 e. The summed E-state index contributed by atoms with van der Waals surface area (Å²) < 4.78 is 10.2. The Morgan fingerprint density at radius 1 is 1.44 bits per heavy atom. The fourth-order valence-electron chi connectivity index (χ4n) is 2.06. The molecule has 0 saturated carbocycles. The van der Waals surface area contributed by atoms with Crippen LogP contribution in [-0.2, 0) is 16.0 Å². The minimum atomic E-state index is -0.297. The van der Waals surface area contributed by atoms with E-state index >= 15 is 0 Å². The monoisotopic (exact) mass is 249 g/mol. The second kappa shape index (κ2) is 6.52. The number of esters is 1. The van der Waals surface area contributed by atoms with Crippen LogP contribution in [0, 0.1) is 0 Å². The number of carbonyl (C=O) groups is 1. The standard InChI is InChI=1S/C14H19NO3/c1-17-14(16)12-6-4-11(5-7-12)9-15-10-13-3-2-8-18-13/h4-7,13,15H,2-3,8-10H2,1H3. The highest BCUT2D eigenvalue weighted by Gasteiger charge is 2.14. The van der Waals surface area contributed by atoms with E-state index in [1.54, 1.807) is 12.1 Å². The third-order valence-electron chi connectivity index (χ3n) is 3.10. The van der Waals surface area contributed by atoms with Crippen molar-refractivity contribution in [3.8, 4) is 0 Å². The average Bonchev–Trinajstić information content (AvgIpc) is 2.92. The molecule has 1 fully saturated rings. The molecule has 1 aliphatic rings. The highest BCUT2D eigenvalue weighted by molar-refractivity contribution is 5.89. The van der Waals surface area contributed by atoms with Gasteiger partial charge in [0.25, 0.3) is 0 Å². The maximum absolute atomic E-state index is 11.3. The van der Waals surface area contributed by atoms with E-state index in [4.69, 9.17) is 4.74 Å². The average molecular weight is 249 g/mol. The normalized spacial score (nSPS) is 18.8. The van der Waals surface area contributed by atoms with Gasteiger partial charge in [-0.1, -0.05) is 12.1 Å². The van der Waals surface area contributed by atoms with Gasteiger partial charge in [-0.25, -0.2) is 4.79 Å². The number of rotatable bonds is 5. The van der Waals surface area contributed by atoms with Crippen LogP contribution in [0.4, 0.5) is 0 Å². The van der Waals surface area contributed by atoms with Crippen molar-refractivity contribution in [2.45, 2.75) is 25.5 Å². The molecule has 1 unspecified atom stereocenters. The molecule has 0 aromatic heterocycles. The topological polar surface area (TPSA) is 47.6 Å². The van der Waals surface area contributed by atoms with E-state index in [1.807, 2.05) is 12.1 Å². The molecule has 0 aliphatic carbocycles. The van der Waals surface area contributed by atoms with Crippen LogP contribution in [0.15, 0.2) is 24.3 Å². The Labute approximate surface area is 107 Å². The molecule has 0 amide bonds. The van der Waals surface area contributed by atoms with Crippen LogP contribution >= 0.6 is 0 Å². The Bertz CT molecular complexity index is 383. The summed E-state index contributed by atoms with van der Waals surface area (Å²) in [5.41, 5.74) is 1.74. The fourth-order valence-corrected chi connectivity index (χ4v) is 2.06. The van der Waals surface area contributed by atoms with Crippen molar-refractivity contribution in [2.75, 3.05) is 20.3 Å². The van der Waals surface area contributed by atoms with Gasteiger partial charge in [0, 0.05) is 19.7 Å². The third kappa shape index (κ3) is 3.55. The number of hydrogen-bond acceptors (Lipinski definition) is 4. The van der Waals surface area contributed by atoms with E-state index in [0.29, 0.717) is 11.7 Å². The van der Waals surface area contributed by atoms with E-state index in [-0.39, 0.29) is 5.97 Å². The van der Waals surface area contributed by atoms with E-state index in [1.165, 1.54) is 13.5 Å². The maximum atomic E-state index is 11.3. The van der Waals surface area contributed by atoms with E-state index in [0.717, 1.165) is 31.7 Å². The summed E-state index contributed by atoms with van der Waals surface area (Å²) in [6, 6.07) is 7.45. The molecule has 1 aromatic carbocycles. The van der Waals surface area contributed by atoms with Gasteiger partial charge in [0.05, 0.1) is 18.8 Å². The molecule has 1 heterocycles. The van der Waals surface area contributed by atoms with Crippen LogP contribution in [0.25, 0.3) is 0 Å². The molecule has 4 nitrogen and oxygen atoms in total. The lowest BCUT2D eigenvalue weighted by molar-refractivity contribution is 0.0600. The zero-order valence-electron chi connectivity index (χ0n) is 10.6. The first-order valence-electron chi connectivity index (χ1n) is 6.29. The van der Waals surface area contributed by atoms with Crippen molar-refractivity contribution in [1.29, 1.82) is 0 Å². The first kappa shape index (κ1) is 13.1. The molecule has 0 radical (unpaired) electrons. The van der Waals surface area contributed by atoms with Gasteiger partial charge >= 0.3 is 5.97 Å². The Hall–Kier alpha value is -1.39. The minimum absolute atomic E-state index is 0.297. The molecule has 1 N–H and O–H groups in total. The Morgan fingerprint density at radius 3 is 2.83 bits per heavy atom. The number of nitrogens with one attached hydrogen (secondary N) is 1. The molecule has 18 heavy (non-hydrogen) atoms. The summed E-state index contributed by atoms with van der Waals surface area (Å²) in [7, 11) is 1.39. The van der Waals surface area contributed by atoms with Gasteiger partial charge < -0.3 is 14.8 Å². The molecule has 1 aliphatic heterocycles. The van der Waals surface area contributed by atoms with E-state index < -0.39 is 0 Å². The number of hydrogen-bond donors (Lipinski definition) is 1. The van der Waals surface area contributed by atoms with Gasteiger partial charge in [-0.05, 0) is 30.5 Å². The van der Waals surface area contributed by atoms with Crippen molar-refractivity contribution in [3.63, 3.8) is 0 Å². The smallest absolute Gasteiger partial charge is 0.337 e. The summed E-state index contributed by atoms with van der Waals surface area (Å²) >= 11 is 0. The summed E-state index contributed by atoms with van der Waals surface area (Å²) in [5, 5.41) is 3.37. The van der Waals surface area contributed by atoms with Gasteiger partial charge in [0.2, 0.25) is 0 Å². The highest BCUT2D eigenvalue weighted by atomic mass is 16.5. The molecular formula is C14H19NO3. The van der Waals surface area contributed by atoms with Crippen molar-refractivity contribution < 1.29 is 14.3 Å². The van der Waals surface area contributed by atoms with E-state index in [2.05, 4.69) is 10.1 Å². The van der Waals surface area contributed by atoms with Crippen LogP contribution < -0.4 is 5.32 Å². The molecule has 0 spiro atoms. The Kier molecular flexibility index (Phi) is 4.73. The number of carbonyl (C=O) groups excluding carboxylic acids is 1. The van der Waals surface area contributed by atoms with Crippen LogP contribution in [-0.4, -0.2) is 32.3 Å². The summed E-state index contributed by atoms with van der Waals surface area (Å²) in [4.78, 5) is 11.3. The van der Waals surface area contributed by atoms with Crippen molar-refractivity contribution >= 4 is 5.97 Å². The van der Waals surface area contributed by atoms with Gasteiger partial charge in [-0.3, -0.25) is 0 Å². The van der Waals surface area contributed by atoms with Crippen LogP contribution in [0.3, 0.4) is 0 Å². The second-order valence-electron chi connectivity index (χ2n) is 4.45. The van der Waals surface area contributed by atoms with Crippen LogP contribution in [0.5, 0.6) is 0 Å². The first-order chi connectivity index (χ1) is 8.79. The third-order valence-corrected chi connectivity index (χ3v) is 3.10. The summed E-state index contributed by atoms with van der Waals surface area (Å²) in [6.45, 7) is 2.57. The van der Waals surface area contributed by atoms with Gasteiger partial charge in [-0.2, -0.15) is 0 Å². The zero-order valence-corrected chi connectivity index (χ0v) is 10.6. The zero-order chi connectivity index (χ0) is 12.8. The predicted molar refractivity (Wildman–Crippen MR) is 68.5 cm³/mol. The number of benzene rings is 1. The van der Waals surface area contributed by atoms with Crippen molar-refractivity contribution in [3.05, 3.63) is 35.4 Å². The molecule has 1 aromatic rings. The molecule has 4 heteroatoms. The highest BCUT2D eigenvalue weighted by Crippen LogP contribution is 2.11. The fraction of sp³-hybridized carbons (Fsp3) is 0.500. The van der Waals surface area contributed by atoms with Crippen LogP contribution in [0.1, 0.15) is 28.8 Å². The first-order valence-corrected chi connectivity index (χ1v) is 6.29. The molecule has 0 bridgehead atoms. The Balaban J connectivity index is 1.77. The predicted octanol–water partition coefficient (Wildman–Crippen LogP) is 1.74.